The SMILES string of the molecule is CC1CCN(C(=O)Nc2ccc(CN)cc2F)CC1. The summed E-state index contributed by atoms with van der Waals surface area (Å²) in [4.78, 5) is 13.7. The van der Waals surface area contributed by atoms with Crippen molar-refractivity contribution >= 4 is 11.7 Å². The van der Waals surface area contributed by atoms with Crippen LogP contribution in [0, 0.1) is 11.7 Å². The number of rotatable bonds is 2. The number of piperidine rings is 1. The molecule has 0 radical (unpaired) electrons. The number of likely N-dealkylation sites (tertiary alicyclic amines) is 1. The lowest BCUT2D eigenvalue weighted by molar-refractivity contribution is 0.186. The number of nitrogens with two attached hydrogens (primary N) is 1. The first-order chi connectivity index (χ1) is 9.10. The summed E-state index contributed by atoms with van der Waals surface area (Å²) in [5.41, 5.74) is 6.36. The first-order valence-electron chi connectivity index (χ1n) is 6.64. The summed E-state index contributed by atoms with van der Waals surface area (Å²) in [6.45, 7) is 3.93. The maximum absolute atomic E-state index is 13.7. The van der Waals surface area contributed by atoms with E-state index in [-0.39, 0.29) is 18.3 Å². The van der Waals surface area contributed by atoms with Gasteiger partial charge in [-0.05, 0) is 36.5 Å². The lowest BCUT2D eigenvalue weighted by Gasteiger charge is -2.30. The number of nitrogens with zero attached hydrogens (tertiary/aromatic N) is 1. The van der Waals surface area contributed by atoms with Gasteiger partial charge in [0.15, 0.2) is 0 Å². The summed E-state index contributed by atoms with van der Waals surface area (Å²) in [6, 6.07) is 4.40. The number of amides is 2. The lowest BCUT2D eigenvalue weighted by atomic mass is 10.00. The van der Waals surface area contributed by atoms with Crippen molar-refractivity contribution < 1.29 is 9.18 Å². The average Bonchev–Trinajstić information content (AvgIpc) is 2.41. The van der Waals surface area contributed by atoms with Crippen molar-refractivity contribution in [3.63, 3.8) is 0 Å². The van der Waals surface area contributed by atoms with E-state index in [4.69, 9.17) is 5.73 Å². The van der Waals surface area contributed by atoms with Crippen LogP contribution < -0.4 is 11.1 Å². The fraction of sp³-hybridized carbons (Fsp3) is 0.500. The Bertz CT molecular complexity index is 456. The zero-order chi connectivity index (χ0) is 13.8. The van der Waals surface area contributed by atoms with Crippen LogP contribution in [0.25, 0.3) is 0 Å². The smallest absolute Gasteiger partial charge is 0.321 e. The highest BCUT2D eigenvalue weighted by Gasteiger charge is 2.20. The number of nitrogens with one attached hydrogen (secondary N) is 1. The Kier molecular flexibility index (Phi) is 4.37. The van der Waals surface area contributed by atoms with E-state index >= 15 is 0 Å². The van der Waals surface area contributed by atoms with Gasteiger partial charge in [-0.3, -0.25) is 0 Å². The molecule has 1 fully saturated rings. The van der Waals surface area contributed by atoms with Gasteiger partial charge in [-0.15, -0.1) is 0 Å². The Labute approximate surface area is 112 Å². The minimum absolute atomic E-state index is 0.209. The van der Waals surface area contributed by atoms with Crippen LogP contribution in [-0.4, -0.2) is 24.0 Å². The number of anilines is 1. The molecule has 3 N–H and O–H groups in total. The molecule has 1 aliphatic heterocycles. The highest BCUT2D eigenvalue weighted by molar-refractivity contribution is 5.89. The van der Waals surface area contributed by atoms with Crippen LogP contribution in [0.5, 0.6) is 0 Å². The van der Waals surface area contributed by atoms with Crippen molar-refractivity contribution in [3.8, 4) is 0 Å². The Morgan fingerprint density at radius 2 is 2.16 bits per heavy atom. The molecule has 1 aromatic carbocycles. The van der Waals surface area contributed by atoms with Crippen LogP contribution >= 0.6 is 0 Å². The number of benzene rings is 1. The van der Waals surface area contributed by atoms with Crippen molar-refractivity contribution in [2.24, 2.45) is 11.7 Å². The van der Waals surface area contributed by atoms with Gasteiger partial charge >= 0.3 is 6.03 Å². The summed E-state index contributed by atoms with van der Waals surface area (Å²) < 4.78 is 13.7. The molecule has 104 valence electrons. The molecule has 0 saturated carbocycles. The largest absolute Gasteiger partial charge is 0.326 e. The van der Waals surface area contributed by atoms with Crippen molar-refractivity contribution in [2.75, 3.05) is 18.4 Å². The summed E-state index contributed by atoms with van der Waals surface area (Å²) in [6.07, 6.45) is 2.00. The van der Waals surface area contributed by atoms with Crippen LogP contribution in [-0.2, 0) is 6.54 Å². The predicted molar refractivity (Wildman–Crippen MR) is 73.3 cm³/mol. The van der Waals surface area contributed by atoms with Crippen LogP contribution in [0.4, 0.5) is 14.9 Å². The van der Waals surface area contributed by atoms with E-state index in [1.807, 2.05) is 0 Å². The zero-order valence-electron chi connectivity index (χ0n) is 11.2. The quantitative estimate of drug-likeness (QED) is 0.863. The summed E-state index contributed by atoms with van der Waals surface area (Å²) in [7, 11) is 0. The fourth-order valence-electron chi connectivity index (χ4n) is 2.19. The van der Waals surface area contributed by atoms with Crippen LogP contribution in [0.2, 0.25) is 0 Å². The molecule has 19 heavy (non-hydrogen) atoms. The van der Waals surface area contributed by atoms with Gasteiger partial charge in [0.1, 0.15) is 5.82 Å². The van der Waals surface area contributed by atoms with E-state index in [0.717, 1.165) is 25.9 Å². The highest BCUT2D eigenvalue weighted by atomic mass is 19.1. The van der Waals surface area contributed by atoms with Crippen molar-refractivity contribution in [1.29, 1.82) is 0 Å². The third kappa shape index (κ3) is 3.44. The van der Waals surface area contributed by atoms with Gasteiger partial charge in [0.2, 0.25) is 0 Å². The van der Waals surface area contributed by atoms with Gasteiger partial charge < -0.3 is 16.0 Å². The standard InChI is InChI=1S/C14H20FN3O/c1-10-4-6-18(7-5-10)14(19)17-13-3-2-11(9-16)8-12(13)15/h2-3,8,10H,4-7,9,16H2,1H3,(H,17,19). The van der Waals surface area contributed by atoms with Crippen LogP contribution in [0.1, 0.15) is 25.3 Å². The summed E-state index contributed by atoms with van der Waals surface area (Å²) in [5, 5.41) is 2.62. The predicted octanol–water partition coefficient (Wildman–Crippen LogP) is 2.55. The maximum Gasteiger partial charge on any atom is 0.321 e. The van der Waals surface area contributed by atoms with E-state index in [9.17, 15) is 9.18 Å². The Morgan fingerprint density at radius 3 is 2.74 bits per heavy atom. The highest BCUT2D eigenvalue weighted by Crippen LogP contribution is 2.19. The van der Waals surface area contributed by atoms with E-state index in [0.29, 0.717) is 11.5 Å². The fourth-order valence-corrected chi connectivity index (χ4v) is 2.19. The van der Waals surface area contributed by atoms with Crippen molar-refractivity contribution in [3.05, 3.63) is 29.6 Å². The number of carbonyl (C=O) groups is 1. The third-order valence-corrected chi connectivity index (χ3v) is 3.58. The molecule has 1 saturated heterocycles. The molecule has 2 rings (SSSR count). The van der Waals surface area contributed by atoms with Crippen molar-refractivity contribution in [1.82, 2.24) is 4.90 Å². The van der Waals surface area contributed by atoms with Gasteiger partial charge in [-0.2, -0.15) is 0 Å². The minimum Gasteiger partial charge on any atom is -0.326 e. The second-order valence-electron chi connectivity index (χ2n) is 5.12. The van der Waals surface area contributed by atoms with E-state index < -0.39 is 5.82 Å². The van der Waals surface area contributed by atoms with E-state index in [1.165, 1.54) is 6.07 Å². The van der Waals surface area contributed by atoms with Gasteiger partial charge in [-0.1, -0.05) is 13.0 Å². The molecule has 0 aliphatic carbocycles. The summed E-state index contributed by atoms with van der Waals surface area (Å²) >= 11 is 0. The Hall–Kier alpha value is -1.62. The Morgan fingerprint density at radius 1 is 1.47 bits per heavy atom. The maximum atomic E-state index is 13.7. The molecular weight excluding hydrogens is 245 g/mol. The number of carbonyl (C=O) groups excluding carboxylic acids is 1. The number of urea groups is 1. The molecule has 1 heterocycles. The second-order valence-corrected chi connectivity index (χ2v) is 5.12. The molecule has 0 atom stereocenters. The second kappa shape index (κ2) is 6.02. The topological polar surface area (TPSA) is 58.4 Å². The summed E-state index contributed by atoms with van der Waals surface area (Å²) in [5.74, 6) is 0.214. The average molecular weight is 265 g/mol. The molecular formula is C14H20FN3O. The first-order valence-corrected chi connectivity index (χ1v) is 6.64. The van der Waals surface area contributed by atoms with Gasteiger partial charge in [0, 0.05) is 19.6 Å². The molecule has 0 bridgehead atoms. The third-order valence-electron chi connectivity index (χ3n) is 3.58. The van der Waals surface area contributed by atoms with Gasteiger partial charge in [0.25, 0.3) is 0 Å². The normalized spacial score (nSPS) is 16.5. The number of hydrogen-bond acceptors (Lipinski definition) is 2. The zero-order valence-corrected chi connectivity index (χ0v) is 11.2. The lowest BCUT2D eigenvalue weighted by Crippen LogP contribution is -2.40. The first kappa shape index (κ1) is 13.8. The Balaban J connectivity index is 1.99. The molecule has 2 amide bonds. The van der Waals surface area contributed by atoms with Crippen LogP contribution in [0.15, 0.2) is 18.2 Å². The molecule has 1 aromatic rings. The minimum atomic E-state index is -0.443. The molecule has 4 nitrogen and oxygen atoms in total. The van der Waals surface area contributed by atoms with Gasteiger partial charge in [-0.25, -0.2) is 9.18 Å². The van der Waals surface area contributed by atoms with Crippen molar-refractivity contribution in [2.45, 2.75) is 26.3 Å². The molecule has 0 unspecified atom stereocenters. The molecule has 0 spiro atoms. The van der Waals surface area contributed by atoms with E-state index in [1.54, 1.807) is 17.0 Å². The van der Waals surface area contributed by atoms with Crippen LogP contribution in [0.3, 0.4) is 0 Å². The monoisotopic (exact) mass is 265 g/mol. The molecule has 5 heteroatoms. The molecule has 1 aliphatic rings. The number of hydrogen-bond donors (Lipinski definition) is 2. The number of halogens is 1. The van der Waals surface area contributed by atoms with E-state index in [2.05, 4.69) is 12.2 Å². The van der Waals surface area contributed by atoms with Gasteiger partial charge in [0.05, 0.1) is 5.69 Å². The molecule has 0 aromatic heterocycles.